The highest BCUT2D eigenvalue weighted by Crippen LogP contribution is 2.12. The van der Waals surface area contributed by atoms with E-state index in [1.165, 1.54) is 6.92 Å². The molecule has 0 aliphatic heterocycles. The fourth-order valence-electron chi connectivity index (χ4n) is 1.50. The van der Waals surface area contributed by atoms with Crippen molar-refractivity contribution >= 4 is 11.9 Å². The molecule has 5 nitrogen and oxygen atoms in total. The third-order valence-electron chi connectivity index (χ3n) is 2.55. The highest BCUT2D eigenvalue weighted by Gasteiger charge is 2.13. The Morgan fingerprint density at radius 1 is 1.42 bits per heavy atom. The van der Waals surface area contributed by atoms with Crippen LogP contribution in [0.4, 0.5) is 0 Å². The molecule has 2 N–H and O–H groups in total. The summed E-state index contributed by atoms with van der Waals surface area (Å²) in [5.41, 5.74) is 1.12. The van der Waals surface area contributed by atoms with Crippen LogP contribution in [0.25, 0.3) is 0 Å². The molecule has 0 aliphatic rings. The maximum absolute atomic E-state index is 11.4. The molecule has 0 unspecified atom stereocenters. The van der Waals surface area contributed by atoms with E-state index in [1.807, 2.05) is 31.2 Å². The van der Waals surface area contributed by atoms with E-state index in [-0.39, 0.29) is 12.3 Å². The Morgan fingerprint density at radius 2 is 2.16 bits per heavy atom. The van der Waals surface area contributed by atoms with Gasteiger partial charge in [-0.15, -0.1) is 0 Å². The predicted octanol–water partition coefficient (Wildman–Crippen LogP) is 1.74. The van der Waals surface area contributed by atoms with Crippen molar-refractivity contribution in [3.05, 3.63) is 29.8 Å². The number of nitrogens with one attached hydrogen (secondary N) is 1. The van der Waals surface area contributed by atoms with Gasteiger partial charge in [0.2, 0.25) is 5.91 Å². The Balaban J connectivity index is 2.20. The molecule has 0 radical (unpaired) electrons. The minimum Gasteiger partial charge on any atom is -0.494 e. The van der Waals surface area contributed by atoms with Crippen LogP contribution in [0.2, 0.25) is 0 Å². The third kappa shape index (κ3) is 5.90. The molecule has 0 spiro atoms. The van der Waals surface area contributed by atoms with Crippen LogP contribution < -0.4 is 10.1 Å². The van der Waals surface area contributed by atoms with Crippen molar-refractivity contribution in [2.45, 2.75) is 32.7 Å². The number of rotatable bonds is 7. The minimum atomic E-state index is -1.04. The SMILES string of the molecule is Cc1cccc(OCCCC(=O)N[C@@H](C)C(=O)O)c1. The lowest BCUT2D eigenvalue weighted by Gasteiger charge is -2.09. The van der Waals surface area contributed by atoms with Gasteiger partial charge in [0.05, 0.1) is 6.61 Å². The van der Waals surface area contributed by atoms with Gasteiger partial charge in [-0.25, -0.2) is 0 Å². The Morgan fingerprint density at radius 3 is 2.79 bits per heavy atom. The first-order valence-electron chi connectivity index (χ1n) is 6.20. The molecule has 0 heterocycles. The zero-order valence-corrected chi connectivity index (χ0v) is 11.2. The third-order valence-corrected chi connectivity index (χ3v) is 2.55. The number of ether oxygens (including phenoxy) is 1. The molecule has 19 heavy (non-hydrogen) atoms. The van der Waals surface area contributed by atoms with Crippen LogP contribution in [0, 0.1) is 6.92 Å². The number of carboxylic acids is 1. The van der Waals surface area contributed by atoms with Gasteiger partial charge in [0, 0.05) is 6.42 Å². The summed E-state index contributed by atoms with van der Waals surface area (Å²) in [5.74, 6) is -0.536. The molecule has 104 valence electrons. The number of hydrogen-bond acceptors (Lipinski definition) is 3. The second kappa shape index (κ2) is 7.41. The smallest absolute Gasteiger partial charge is 0.325 e. The maximum Gasteiger partial charge on any atom is 0.325 e. The molecule has 1 atom stereocenters. The average Bonchev–Trinajstić information content (AvgIpc) is 2.34. The lowest BCUT2D eigenvalue weighted by Crippen LogP contribution is -2.38. The van der Waals surface area contributed by atoms with Gasteiger partial charge in [-0.05, 0) is 38.0 Å². The van der Waals surface area contributed by atoms with E-state index in [2.05, 4.69) is 5.32 Å². The van der Waals surface area contributed by atoms with Crippen molar-refractivity contribution in [2.24, 2.45) is 0 Å². The van der Waals surface area contributed by atoms with Crippen molar-refractivity contribution in [1.82, 2.24) is 5.32 Å². The van der Waals surface area contributed by atoms with E-state index in [0.29, 0.717) is 13.0 Å². The first-order chi connectivity index (χ1) is 8.99. The molecular formula is C14H19NO4. The van der Waals surface area contributed by atoms with E-state index < -0.39 is 12.0 Å². The van der Waals surface area contributed by atoms with Gasteiger partial charge in [-0.3, -0.25) is 9.59 Å². The number of carboxylic acid groups (broad SMARTS) is 1. The maximum atomic E-state index is 11.4. The highest BCUT2D eigenvalue weighted by molar-refractivity contribution is 5.83. The number of benzene rings is 1. The summed E-state index contributed by atoms with van der Waals surface area (Å²) in [5, 5.41) is 11.0. The van der Waals surface area contributed by atoms with Crippen molar-refractivity contribution in [2.75, 3.05) is 6.61 Å². The molecule has 1 aromatic rings. The zero-order chi connectivity index (χ0) is 14.3. The first-order valence-corrected chi connectivity index (χ1v) is 6.20. The summed E-state index contributed by atoms with van der Waals surface area (Å²) in [6.45, 7) is 3.84. The zero-order valence-electron chi connectivity index (χ0n) is 11.2. The molecule has 5 heteroatoms. The molecule has 0 saturated carbocycles. The van der Waals surface area contributed by atoms with Crippen LogP contribution >= 0.6 is 0 Å². The van der Waals surface area contributed by atoms with Crippen LogP contribution in [0.1, 0.15) is 25.3 Å². The number of aryl methyl sites for hydroxylation is 1. The Hall–Kier alpha value is -2.04. The van der Waals surface area contributed by atoms with E-state index in [9.17, 15) is 9.59 Å². The van der Waals surface area contributed by atoms with Crippen molar-refractivity contribution in [1.29, 1.82) is 0 Å². The van der Waals surface area contributed by atoms with Crippen molar-refractivity contribution < 1.29 is 19.4 Å². The summed E-state index contributed by atoms with van der Waals surface area (Å²) < 4.78 is 5.49. The quantitative estimate of drug-likeness (QED) is 0.736. The molecule has 0 fully saturated rings. The van der Waals surface area contributed by atoms with Gasteiger partial charge in [-0.2, -0.15) is 0 Å². The number of hydrogen-bond donors (Lipinski definition) is 2. The number of amides is 1. The first kappa shape index (κ1) is 15.0. The lowest BCUT2D eigenvalue weighted by molar-refractivity contribution is -0.141. The number of aliphatic carboxylic acids is 1. The number of carbonyl (C=O) groups is 2. The van der Waals surface area contributed by atoms with Crippen LogP contribution in [0.3, 0.4) is 0 Å². The fraction of sp³-hybridized carbons (Fsp3) is 0.429. The second-order valence-corrected chi connectivity index (χ2v) is 4.40. The summed E-state index contributed by atoms with van der Waals surface area (Å²) >= 11 is 0. The van der Waals surface area contributed by atoms with E-state index in [1.54, 1.807) is 0 Å². The fourth-order valence-corrected chi connectivity index (χ4v) is 1.50. The monoisotopic (exact) mass is 265 g/mol. The van der Waals surface area contributed by atoms with Gasteiger partial charge in [-0.1, -0.05) is 12.1 Å². The van der Waals surface area contributed by atoms with Gasteiger partial charge in [0.1, 0.15) is 11.8 Å². The predicted molar refractivity (Wildman–Crippen MR) is 71.1 cm³/mol. The molecular weight excluding hydrogens is 246 g/mol. The lowest BCUT2D eigenvalue weighted by atomic mass is 10.2. The Bertz CT molecular complexity index is 445. The van der Waals surface area contributed by atoms with Crippen LogP contribution in [-0.4, -0.2) is 29.6 Å². The van der Waals surface area contributed by atoms with E-state index in [4.69, 9.17) is 9.84 Å². The minimum absolute atomic E-state index is 0.253. The number of carbonyl (C=O) groups excluding carboxylic acids is 1. The van der Waals surface area contributed by atoms with Crippen molar-refractivity contribution in [3.63, 3.8) is 0 Å². The summed E-state index contributed by atoms with van der Waals surface area (Å²) in [6, 6.07) is 6.82. The Kier molecular flexibility index (Phi) is 5.85. The molecule has 1 amide bonds. The summed E-state index contributed by atoms with van der Waals surface area (Å²) in [6.07, 6.45) is 0.801. The van der Waals surface area contributed by atoms with Crippen LogP contribution in [-0.2, 0) is 9.59 Å². The normalized spacial score (nSPS) is 11.7. The van der Waals surface area contributed by atoms with E-state index in [0.717, 1.165) is 11.3 Å². The summed E-state index contributed by atoms with van der Waals surface area (Å²) in [4.78, 5) is 21.9. The molecule has 0 aliphatic carbocycles. The molecule has 0 bridgehead atoms. The van der Waals surface area contributed by atoms with Gasteiger partial charge in [0.15, 0.2) is 0 Å². The van der Waals surface area contributed by atoms with Gasteiger partial charge < -0.3 is 15.2 Å². The molecule has 0 saturated heterocycles. The van der Waals surface area contributed by atoms with Crippen LogP contribution in [0.5, 0.6) is 5.75 Å². The van der Waals surface area contributed by atoms with Gasteiger partial charge >= 0.3 is 5.97 Å². The topological polar surface area (TPSA) is 75.6 Å². The van der Waals surface area contributed by atoms with Crippen LogP contribution in [0.15, 0.2) is 24.3 Å². The molecule has 0 aromatic heterocycles. The molecule has 1 aromatic carbocycles. The molecule has 1 rings (SSSR count). The average molecular weight is 265 g/mol. The van der Waals surface area contributed by atoms with Gasteiger partial charge in [0.25, 0.3) is 0 Å². The van der Waals surface area contributed by atoms with Crippen molar-refractivity contribution in [3.8, 4) is 5.75 Å². The Labute approximate surface area is 112 Å². The summed E-state index contributed by atoms with van der Waals surface area (Å²) in [7, 11) is 0. The highest BCUT2D eigenvalue weighted by atomic mass is 16.5. The second-order valence-electron chi connectivity index (χ2n) is 4.40. The standard InChI is InChI=1S/C14H19NO4/c1-10-5-3-6-12(9-10)19-8-4-7-13(16)15-11(2)14(17)18/h3,5-6,9,11H,4,7-8H2,1-2H3,(H,15,16)(H,17,18)/t11-/m0/s1. The largest absolute Gasteiger partial charge is 0.494 e. The van der Waals surface area contributed by atoms with E-state index >= 15 is 0 Å².